The number of rotatable bonds is 24. The first kappa shape index (κ1) is 37.0. The van der Waals surface area contributed by atoms with E-state index in [0.29, 0.717) is 31.5 Å². The molecule has 42 heavy (non-hydrogen) atoms. The summed E-state index contributed by atoms with van der Waals surface area (Å²) in [5.74, 6) is -0.503. The van der Waals surface area contributed by atoms with Crippen molar-refractivity contribution in [2.24, 2.45) is 17.8 Å². The molecular formula is C29H49N5O8. The van der Waals surface area contributed by atoms with E-state index in [1.54, 1.807) is 6.20 Å². The Bertz CT molecular complexity index is 964. The number of hydrogen-bond acceptors (Lipinski definition) is 10. The van der Waals surface area contributed by atoms with E-state index in [1.807, 2.05) is 41.5 Å². The van der Waals surface area contributed by atoms with Crippen molar-refractivity contribution in [2.45, 2.75) is 79.8 Å². The number of nitrogens with zero attached hydrogens (tertiary/aromatic N) is 3. The average molecular weight is 596 g/mol. The highest BCUT2D eigenvalue weighted by atomic mass is 16.5. The summed E-state index contributed by atoms with van der Waals surface area (Å²) in [6.07, 6.45) is 2.54. The lowest BCUT2D eigenvalue weighted by Crippen LogP contribution is -2.43. The number of carbonyl (C=O) groups is 5. The van der Waals surface area contributed by atoms with E-state index in [2.05, 4.69) is 20.9 Å². The summed E-state index contributed by atoms with van der Waals surface area (Å²) in [7, 11) is 0. The molecule has 13 heteroatoms. The number of hydrogen-bond donors (Lipinski definition) is 2. The van der Waals surface area contributed by atoms with Crippen molar-refractivity contribution in [2.75, 3.05) is 46.2 Å². The zero-order valence-corrected chi connectivity index (χ0v) is 26.0. The van der Waals surface area contributed by atoms with Gasteiger partial charge in [-0.2, -0.15) is 0 Å². The molecule has 1 aromatic heterocycles. The lowest BCUT2D eigenvalue weighted by Gasteiger charge is -2.19. The zero-order chi connectivity index (χ0) is 31.5. The van der Waals surface area contributed by atoms with Crippen molar-refractivity contribution in [1.82, 2.24) is 25.6 Å². The molecule has 238 valence electrons. The van der Waals surface area contributed by atoms with Crippen molar-refractivity contribution in [3.05, 3.63) is 11.9 Å². The summed E-state index contributed by atoms with van der Waals surface area (Å²) in [5.41, 5.74) is 0.480. The summed E-state index contributed by atoms with van der Waals surface area (Å²) in [5, 5.41) is 13.5. The molecule has 0 unspecified atom stereocenters. The van der Waals surface area contributed by atoms with E-state index in [0.717, 1.165) is 0 Å². The number of ketones is 3. The topological polar surface area (TPSA) is 168 Å². The third-order valence-corrected chi connectivity index (χ3v) is 6.24. The quantitative estimate of drug-likeness (QED) is 0.166. The minimum absolute atomic E-state index is 0.0436. The highest BCUT2D eigenvalue weighted by Gasteiger charge is 2.16. The Morgan fingerprint density at radius 1 is 0.762 bits per heavy atom. The van der Waals surface area contributed by atoms with Crippen LogP contribution in [0.25, 0.3) is 0 Å². The SMILES string of the molecule is CC(C)C(=O)CCNC(=O)Cc1cn(CCOCC(=O)NC(COCCC(=O)C(C)C)COCCC(=O)C(C)C)nn1. The summed E-state index contributed by atoms with van der Waals surface area (Å²) >= 11 is 0. The largest absolute Gasteiger partial charge is 0.379 e. The average Bonchev–Trinajstić information content (AvgIpc) is 3.37. The summed E-state index contributed by atoms with van der Waals surface area (Å²) in [4.78, 5) is 59.8. The molecular weight excluding hydrogens is 546 g/mol. The monoisotopic (exact) mass is 595 g/mol. The molecule has 2 amide bonds. The normalized spacial score (nSPS) is 11.5. The van der Waals surface area contributed by atoms with Gasteiger partial charge in [-0.15, -0.1) is 5.10 Å². The number of amides is 2. The second kappa shape index (κ2) is 20.8. The van der Waals surface area contributed by atoms with Crippen LogP contribution in [0.1, 0.15) is 66.5 Å². The number of carbonyl (C=O) groups excluding carboxylic acids is 5. The molecule has 0 aromatic carbocycles. The summed E-state index contributed by atoms with van der Waals surface area (Å²) < 4.78 is 18.2. The van der Waals surface area contributed by atoms with E-state index >= 15 is 0 Å². The molecule has 1 heterocycles. The molecule has 0 saturated heterocycles. The standard InChI is InChI=1S/C29H49N5O8/c1-20(2)25(35)7-10-30-28(38)15-23-16-34(33-32-23)11-14-42-19-29(39)31-24(17-40-12-8-26(36)21(3)4)18-41-13-9-27(37)22(5)6/h16,20-22,24H,7-15,17-19H2,1-6H3,(H,30,38)(H,31,39). The van der Waals surface area contributed by atoms with Gasteiger partial charge in [-0.05, 0) is 0 Å². The van der Waals surface area contributed by atoms with E-state index in [-0.39, 0.29) is 99.5 Å². The third-order valence-electron chi connectivity index (χ3n) is 6.24. The van der Waals surface area contributed by atoms with Gasteiger partial charge >= 0.3 is 0 Å². The van der Waals surface area contributed by atoms with Gasteiger partial charge in [0.25, 0.3) is 0 Å². The van der Waals surface area contributed by atoms with Crippen LogP contribution in [0.4, 0.5) is 0 Å². The predicted octanol–water partition coefficient (Wildman–Crippen LogP) is 1.32. The Balaban J connectivity index is 2.39. The smallest absolute Gasteiger partial charge is 0.246 e. The van der Waals surface area contributed by atoms with Crippen LogP contribution >= 0.6 is 0 Å². The highest BCUT2D eigenvalue weighted by molar-refractivity contribution is 5.82. The molecule has 1 rings (SSSR count). The van der Waals surface area contributed by atoms with Crippen LogP contribution in [0.15, 0.2) is 6.20 Å². The maximum atomic E-state index is 12.5. The van der Waals surface area contributed by atoms with Gasteiger partial charge in [0.1, 0.15) is 24.0 Å². The van der Waals surface area contributed by atoms with Crippen LogP contribution in [0.2, 0.25) is 0 Å². The van der Waals surface area contributed by atoms with E-state index in [4.69, 9.17) is 14.2 Å². The third kappa shape index (κ3) is 17.0. The molecule has 1 aromatic rings. The molecule has 0 saturated carbocycles. The van der Waals surface area contributed by atoms with Crippen molar-refractivity contribution < 1.29 is 38.2 Å². The first-order valence-electron chi connectivity index (χ1n) is 14.6. The van der Waals surface area contributed by atoms with Crippen LogP contribution in [0.3, 0.4) is 0 Å². The van der Waals surface area contributed by atoms with Gasteiger partial charge in [0.05, 0.1) is 57.7 Å². The van der Waals surface area contributed by atoms with Gasteiger partial charge in [0, 0.05) is 49.8 Å². The van der Waals surface area contributed by atoms with Crippen molar-refractivity contribution in [3.8, 4) is 0 Å². The number of nitrogens with one attached hydrogen (secondary N) is 2. The Morgan fingerprint density at radius 3 is 1.86 bits per heavy atom. The van der Waals surface area contributed by atoms with Gasteiger partial charge in [-0.25, -0.2) is 4.68 Å². The van der Waals surface area contributed by atoms with Gasteiger partial charge in [-0.1, -0.05) is 46.8 Å². The van der Waals surface area contributed by atoms with Crippen molar-refractivity contribution in [1.29, 1.82) is 0 Å². The first-order valence-corrected chi connectivity index (χ1v) is 14.6. The van der Waals surface area contributed by atoms with E-state index in [1.165, 1.54) is 4.68 Å². The Hall–Kier alpha value is -3.03. The fourth-order valence-corrected chi connectivity index (χ4v) is 3.47. The molecule has 0 atom stereocenters. The molecule has 0 aliphatic carbocycles. The van der Waals surface area contributed by atoms with Crippen LogP contribution in [0, 0.1) is 17.8 Å². The predicted molar refractivity (Wildman–Crippen MR) is 155 cm³/mol. The lowest BCUT2D eigenvalue weighted by molar-refractivity contribution is -0.128. The van der Waals surface area contributed by atoms with E-state index < -0.39 is 6.04 Å². The number of aromatic nitrogens is 3. The molecule has 0 aliphatic heterocycles. The second-order valence-electron chi connectivity index (χ2n) is 11.1. The molecule has 0 aliphatic rings. The molecule has 0 radical (unpaired) electrons. The van der Waals surface area contributed by atoms with Crippen LogP contribution in [-0.2, 0) is 51.1 Å². The Morgan fingerprint density at radius 2 is 1.31 bits per heavy atom. The minimum Gasteiger partial charge on any atom is -0.379 e. The Kier molecular flexibility index (Phi) is 18.3. The lowest BCUT2D eigenvalue weighted by atomic mass is 10.1. The van der Waals surface area contributed by atoms with Crippen LogP contribution in [-0.4, -0.2) is 96.4 Å². The highest BCUT2D eigenvalue weighted by Crippen LogP contribution is 2.02. The van der Waals surface area contributed by atoms with Crippen LogP contribution in [0.5, 0.6) is 0 Å². The van der Waals surface area contributed by atoms with Gasteiger partial charge < -0.3 is 24.8 Å². The minimum atomic E-state index is -0.475. The molecule has 0 fully saturated rings. The van der Waals surface area contributed by atoms with Crippen molar-refractivity contribution in [3.63, 3.8) is 0 Å². The Labute approximate surface area is 248 Å². The zero-order valence-electron chi connectivity index (χ0n) is 26.0. The maximum absolute atomic E-state index is 12.5. The van der Waals surface area contributed by atoms with Gasteiger partial charge in [0.15, 0.2) is 0 Å². The fourth-order valence-electron chi connectivity index (χ4n) is 3.47. The summed E-state index contributed by atoms with van der Waals surface area (Å²) in [6.45, 7) is 12.4. The summed E-state index contributed by atoms with van der Waals surface area (Å²) in [6, 6.07) is -0.475. The van der Waals surface area contributed by atoms with Crippen molar-refractivity contribution >= 4 is 29.2 Å². The van der Waals surface area contributed by atoms with E-state index in [9.17, 15) is 24.0 Å². The van der Waals surface area contributed by atoms with Gasteiger partial charge in [0.2, 0.25) is 11.8 Å². The maximum Gasteiger partial charge on any atom is 0.246 e. The van der Waals surface area contributed by atoms with Crippen LogP contribution < -0.4 is 10.6 Å². The molecule has 0 spiro atoms. The van der Waals surface area contributed by atoms with Gasteiger partial charge in [-0.3, -0.25) is 24.0 Å². The molecule has 2 N–H and O–H groups in total. The number of Topliss-reactive ketones (excluding diaryl/α,β-unsaturated/α-hetero) is 3. The number of ether oxygens (including phenoxy) is 3. The first-order chi connectivity index (χ1) is 19.9. The molecule has 0 bridgehead atoms. The fraction of sp³-hybridized carbons (Fsp3) is 0.759. The molecule has 13 nitrogen and oxygen atoms in total. The second-order valence-corrected chi connectivity index (χ2v) is 11.1.